The van der Waals surface area contributed by atoms with Crippen molar-refractivity contribution in [2.24, 2.45) is 0 Å². The molecule has 0 spiro atoms. The zero-order chi connectivity index (χ0) is 29.2. The van der Waals surface area contributed by atoms with Gasteiger partial charge in [0.2, 0.25) is 0 Å². The molecule has 210 valence electrons. The Bertz CT molecular complexity index is 2270. The molecule has 1 fully saturated rings. The summed E-state index contributed by atoms with van der Waals surface area (Å²) in [5, 5.41) is 15.0. The Kier molecular flexibility index (Phi) is 5.71. The zero-order valence-corrected chi connectivity index (χ0v) is 24.5. The quantitative estimate of drug-likeness (QED) is 0.199. The number of hydrogen-bond donors (Lipinski definition) is 0. The molecular weight excluding hydrogens is 534 g/mol. The van der Waals surface area contributed by atoms with Crippen molar-refractivity contribution in [3.63, 3.8) is 0 Å². The summed E-state index contributed by atoms with van der Waals surface area (Å²) in [7, 11) is 0. The molecule has 44 heavy (non-hydrogen) atoms. The molecule has 0 aromatic heterocycles. The van der Waals surface area contributed by atoms with Crippen LogP contribution in [0.2, 0.25) is 0 Å². The lowest BCUT2D eigenvalue weighted by Gasteiger charge is -2.37. The molecule has 2 heteroatoms. The second kappa shape index (κ2) is 9.92. The average molecular weight is 566 g/mol. The molecule has 0 bridgehead atoms. The SMILES string of the molecule is O=C1CCC(N(c2cccc3cc4cc5ccccc5cc4cc23)c2cccc3cc4cc5ccccc5cc4cc23)CC1. The highest BCUT2D eigenvalue weighted by atomic mass is 16.1. The molecule has 9 rings (SSSR count). The average Bonchev–Trinajstić information content (AvgIpc) is 3.05. The maximum absolute atomic E-state index is 12.4. The van der Waals surface area contributed by atoms with Gasteiger partial charge < -0.3 is 4.90 Å². The molecule has 1 aliphatic rings. The number of nitrogens with zero attached hydrogens (tertiary/aromatic N) is 1. The maximum atomic E-state index is 12.4. The largest absolute Gasteiger partial charge is 0.337 e. The van der Waals surface area contributed by atoms with E-state index in [1.165, 1.54) is 76.0 Å². The lowest BCUT2D eigenvalue weighted by Crippen LogP contribution is -2.35. The van der Waals surface area contributed by atoms with Crippen LogP contribution in [0.3, 0.4) is 0 Å². The van der Waals surface area contributed by atoms with E-state index in [0.29, 0.717) is 18.6 Å². The first-order chi connectivity index (χ1) is 21.7. The van der Waals surface area contributed by atoms with Crippen LogP contribution in [-0.4, -0.2) is 11.8 Å². The molecular formula is C42H31NO. The fourth-order valence-electron chi connectivity index (χ4n) is 7.53. The number of anilines is 2. The van der Waals surface area contributed by atoms with Crippen molar-refractivity contribution >= 4 is 81.8 Å². The minimum absolute atomic E-state index is 0.239. The van der Waals surface area contributed by atoms with Crippen LogP contribution in [0.1, 0.15) is 25.7 Å². The van der Waals surface area contributed by atoms with Gasteiger partial charge in [-0.1, -0.05) is 72.8 Å². The van der Waals surface area contributed by atoms with Crippen LogP contribution >= 0.6 is 0 Å². The van der Waals surface area contributed by atoms with Crippen molar-refractivity contribution in [1.29, 1.82) is 0 Å². The van der Waals surface area contributed by atoms with Crippen LogP contribution in [-0.2, 0) is 4.79 Å². The molecule has 2 nitrogen and oxygen atoms in total. The number of fused-ring (bicyclic) bond motifs is 6. The van der Waals surface area contributed by atoms with E-state index in [1.807, 2.05) is 0 Å². The van der Waals surface area contributed by atoms with Gasteiger partial charge in [0.25, 0.3) is 0 Å². The number of benzene rings is 8. The fraction of sp³-hybridized carbons (Fsp3) is 0.119. The second-order valence-corrected chi connectivity index (χ2v) is 12.4. The van der Waals surface area contributed by atoms with Gasteiger partial charge in [-0.15, -0.1) is 0 Å². The normalized spacial score (nSPS) is 14.4. The summed E-state index contributed by atoms with van der Waals surface area (Å²) >= 11 is 0. The molecule has 0 unspecified atom stereocenters. The molecule has 8 aromatic carbocycles. The van der Waals surface area contributed by atoms with E-state index in [-0.39, 0.29) is 6.04 Å². The van der Waals surface area contributed by atoms with E-state index in [4.69, 9.17) is 0 Å². The molecule has 0 N–H and O–H groups in total. The topological polar surface area (TPSA) is 20.3 Å². The number of rotatable bonds is 3. The zero-order valence-electron chi connectivity index (χ0n) is 24.5. The number of carbonyl (C=O) groups is 1. The van der Waals surface area contributed by atoms with E-state index in [2.05, 4.69) is 138 Å². The summed E-state index contributed by atoms with van der Waals surface area (Å²) in [5.74, 6) is 0.382. The molecule has 0 radical (unpaired) electrons. The Labute approximate surface area is 256 Å². The summed E-state index contributed by atoms with van der Waals surface area (Å²) in [6, 6.07) is 49.5. The minimum atomic E-state index is 0.239. The van der Waals surface area contributed by atoms with E-state index in [1.54, 1.807) is 0 Å². The van der Waals surface area contributed by atoms with Crippen LogP contribution in [0.5, 0.6) is 0 Å². The standard InChI is InChI=1S/C42H31NO/c44-38-17-15-37(16-18-38)43(41-13-5-11-31-23-33-19-27-7-1-3-9-29(27)21-35(33)25-39(31)41)42-14-6-12-32-24-34-20-28-8-2-4-10-30(28)22-36(34)26-40(32)42/h1-14,19-26,37H,15-18H2. The smallest absolute Gasteiger partial charge is 0.133 e. The van der Waals surface area contributed by atoms with Crippen molar-refractivity contribution in [2.45, 2.75) is 31.7 Å². The van der Waals surface area contributed by atoms with Crippen LogP contribution in [0.15, 0.2) is 133 Å². The van der Waals surface area contributed by atoms with E-state index >= 15 is 0 Å². The highest BCUT2D eigenvalue weighted by Gasteiger charge is 2.28. The molecule has 0 heterocycles. The molecule has 0 atom stereocenters. The number of ketones is 1. The van der Waals surface area contributed by atoms with Gasteiger partial charge in [-0.2, -0.15) is 0 Å². The minimum Gasteiger partial charge on any atom is -0.337 e. The molecule has 0 amide bonds. The molecule has 1 saturated carbocycles. The van der Waals surface area contributed by atoms with Crippen molar-refractivity contribution in [1.82, 2.24) is 0 Å². The molecule has 1 aliphatic carbocycles. The summed E-state index contributed by atoms with van der Waals surface area (Å²) < 4.78 is 0. The predicted octanol–water partition coefficient (Wildman–Crippen LogP) is 11.3. The van der Waals surface area contributed by atoms with E-state index in [0.717, 1.165) is 12.8 Å². The van der Waals surface area contributed by atoms with Crippen molar-refractivity contribution in [3.05, 3.63) is 133 Å². The van der Waals surface area contributed by atoms with Crippen molar-refractivity contribution in [3.8, 4) is 0 Å². The van der Waals surface area contributed by atoms with Crippen molar-refractivity contribution in [2.75, 3.05) is 4.90 Å². The third-order valence-corrected chi connectivity index (χ3v) is 9.76. The summed E-state index contributed by atoms with van der Waals surface area (Å²) in [6.07, 6.45) is 3.01. The van der Waals surface area contributed by atoms with Gasteiger partial charge in [-0.3, -0.25) is 4.79 Å². The van der Waals surface area contributed by atoms with Gasteiger partial charge in [0, 0.05) is 41.0 Å². The fourth-order valence-corrected chi connectivity index (χ4v) is 7.53. The molecule has 0 saturated heterocycles. The number of hydrogen-bond acceptors (Lipinski definition) is 2. The third-order valence-electron chi connectivity index (χ3n) is 9.76. The first-order valence-corrected chi connectivity index (χ1v) is 15.7. The van der Waals surface area contributed by atoms with Gasteiger partial charge in [0.05, 0.1) is 0 Å². The van der Waals surface area contributed by atoms with E-state index < -0.39 is 0 Å². The van der Waals surface area contributed by atoms with Crippen LogP contribution in [0.25, 0.3) is 64.6 Å². The van der Waals surface area contributed by atoms with Crippen LogP contribution in [0, 0.1) is 0 Å². The third kappa shape index (κ3) is 4.13. The first-order valence-electron chi connectivity index (χ1n) is 15.7. The van der Waals surface area contributed by atoms with Gasteiger partial charge in [0.1, 0.15) is 5.78 Å². The predicted molar refractivity (Wildman–Crippen MR) is 187 cm³/mol. The van der Waals surface area contributed by atoms with Gasteiger partial charge in [0.15, 0.2) is 0 Å². The first kappa shape index (κ1) is 25.3. The number of Topliss-reactive ketones (excluding diaryl/α,β-unsaturated/α-hetero) is 1. The summed E-state index contributed by atoms with van der Waals surface area (Å²) in [5.41, 5.74) is 2.42. The lowest BCUT2D eigenvalue weighted by atomic mass is 9.90. The Morgan fingerprint density at radius 2 is 0.773 bits per heavy atom. The van der Waals surface area contributed by atoms with Crippen molar-refractivity contribution < 1.29 is 4.79 Å². The highest BCUT2D eigenvalue weighted by molar-refractivity contribution is 6.12. The van der Waals surface area contributed by atoms with Crippen LogP contribution in [0.4, 0.5) is 11.4 Å². The van der Waals surface area contributed by atoms with Crippen LogP contribution < -0.4 is 4.90 Å². The lowest BCUT2D eigenvalue weighted by molar-refractivity contribution is -0.120. The highest BCUT2D eigenvalue weighted by Crippen LogP contribution is 2.43. The second-order valence-electron chi connectivity index (χ2n) is 12.4. The summed E-state index contributed by atoms with van der Waals surface area (Å²) in [4.78, 5) is 15.0. The maximum Gasteiger partial charge on any atom is 0.133 e. The molecule has 0 aliphatic heterocycles. The molecule has 8 aromatic rings. The van der Waals surface area contributed by atoms with E-state index in [9.17, 15) is 4.79 Å². The monoisotopic (exact) mass is 565 g/mol. The van der Waals surface area contributed by atoms with Gasteiger partial charge in [-0.05, 0) is 127 Å². The Hall–Kier alpha value is -5.21. The summed E-state index contributed by atoms with van der Waals surface area (Å²) in [6.45, 7) is 0. The van der Waals surface area contributed by atoms with Gasteiger partial charge in [-0.25, -0.2) is 0 Å². The van der Waals surface area contributed by atoms with Gasteiger partial charge >= 0.3 is 0 Å². The Morgan fingerprint density at radius 1 is 0.409 bits per heavy atom. The number of carbonyl (C=O) groups excluding carboxylic acids is 1. The Balaban J connectivity index is 1.30. The Morgan fingerprint density at radius 3 is 1.20 bits per heavy atom.